The maximum atomic E-state index is 5.68. The normalized spacial score (nSPS) is 11.8. The van der Waals surface area contributed by atoms with Crippen molar-refractivity contribution in [1.82, 2.24) is 0 Å². The van der Waals surface area contributed by atoms with Crippen LogP contribution in [0.15, 0.2) is 48.7 Å². The minimum atomic E-state index is 0.828. The third-order valence-electron chi connectivity index (χ3n) is 3.83. The van der Waals surface area contributed by atoms with E-state index >= 15 is 0 Å². The van der Waals surface area contributed by atoms with Crippen molar-refractivity contribution in [2.24, 2.45) is 0 Å². The van der Waals surface area contributed by atoms with Crippen molar-refractivity contribution < 1.29 is 4.74 Å². The van der Waals surface area contributed by atoms with Crippen molar-refractivity contribution in [3.63, 3.8) is 0 Å². The molecule has 2 aromatic rings. The molecule has 0 saturated carbocycles. The molecule has 1 nitrogen and oxygen atoms in total. The zero-order valence-electron chi connectivity index (χ0n) is 13.3. The van der Waals surface area contributed by atoms with Gasteiger partial charge in [-0.2, -0.15) is 0 Å². The fourth-order valence-electron chi connectivity index (χ4n) is 2.48. The largest absolute Gasteiger partial charge is 0.501 e. The molecule has 112 valence electrons. The Morgan fingerprint density at radius 2 is 1.71 bits per heavy atom. The highest BCUT2D eigenvalue weighted by molar-refractivity contribution is 5.85. The van der Waals surface area contributed by atoms with E-state index < -0.39 is 0 Å². The van der Waals surface area contributed by atoms with Crippen LogP contribution in [0.2, 0.25) is 0 Å². The fraction of sp³-hybridized carbons (Fsp3) is 0.400. The summed E-state index contributed by atoms with van der Waals surface area (Å²) in [4.78, 5) is 0. The predicted molar refractivity (Wildman–Crippen MR) is 92.3 cm³/mol. The maximum Gasteiger partial charge on any atom is 0.0873 e. The first-order valence-electron chi connectivity index (χ1n) is 8.09. The second-order valence-corrected chi connectivity index (χ2v) is 5.65. The van der Waals surface area contributed by atoms with Gasteiger partial charge in [0.1, 0.15) is 0 Å². The van der Waals surface area contributed by atoms with Gasteiger partial charge < -0.3 is 4.74 Å². The Kier molecular flexibility index (Phi) is 6.33. The second kappa shape index (κ2) is 8.51. The van der Waals surface area contributed by atoms with E-state index in [-0.39, 0.29) is 0 Å². The van der Waals surface area contributed by atoms with Gasteiger partial charge in [-0.25, -0.2) is 0 Å². The number of ether oxygens (including phenoxy) is 1. The topological polar surface area (TPSA) is 9.23 Å². The Hall–Kier alpha value is -1.76. The number of rotatable bonds is 8. The number of hydrogen-bond donors (Lipinski definition) is 0. The van der Waals surface area contributed by atoms with E-state index in [9.17, 15) is 0 Å². The van der Waals surface area contributed by atoms with Gasteiger partial charge in [0.05, 0.1) is 12.9 Å². The van der Waals surface area contributed by atoms with Gasteiger partial charge in [-0.05, 0) is 41.3 Å². The Morgan fingerprint density at radius 3 is 2.52 bits per heavy atom. The lowest BCUT2D eigenvalue weighted by atomic mass is 10.0. The number of allylic oxidation sites excluding steroid dienone is 1. The van der Waals surface area contributed by atoms with E-state index in [0.29, 0.717) is 0 Å². The van der Waals surface area contributed by atoms with Crippen LogP contribution in [0, 0.1) is 0 Å². The number of benzene rings is 2. The molecule has 0 radical (unpaired) electrons. The molecule has 21 heavy (non-hydrogen) atoms. The summed E-state index contributed by atoms with van der Waals surface area (Å²) in [6.45, 7) is 5.18. The van der Waals surface area contributed by atoms with Gasteiger partial charge in [-0.15, -0.1) is 0 Å². The molecule has 1 heteroatoms. The van der Waals surface area contributed by atoms with Gasteiger partial charge in [0.15, 0.2) is 0 Å². The quantitative estimate of drug-likeness (QED) is 0.414. The molecule has 0 aliphatic carbocycles. The minimum Gasteiger partial charge on any atom is -0.501 e. The molecule has 0 N–H and O–H groups in total. The third-order valence-corrected chi connectivity index (χ3v) is 3.83. The Bertz CT molecular complexity index is 583. The minimum absolute atomic E-state index is 0.828. The number of fused-ring (bicyclic) bond motifs is 1. The molecule has 0 fully saturated rings. The molecule has 0 atom stereocenters. The standard InChI is InChI=1S/C20H26O/c1-3-4-5-6-9-14-21-16-17(2)19-13-12-18-10-7-8-11-20(18)15-19/h7-8,10-13,15-16H,3-6,9,14H2,1-2H3/b17-16+. The van der Waals surface area contributed by atoms with Gasteiger partial charge >= 0.3 is 0 Å². The summed E-state index contributed by atoms with van der Waals surface area (Å²) < 4.78 is 5.68. The van der Waals surface area contributed by atoms with Crippen molar-refractivity contribution in [2.75, 3.05) is 6.61 Å². The lowest BCUT2D eigenvalue weighted by Gasteiger charge is -2.06. The van der Waals surface area contributed by atoms with Crippen molar-refractivity contribution in [2.45, 2.75) is 46.0 Å². The summed E-state index contributed by atoms with van der Waals surface area (Å²) in [6.07, 6.45) is 8.29. The van der Waals surface area contributed by atoms with Gasteiger partial charge in [0.25, 0.3) is 0 Å². The average Bonchev–Trinajstić information content (AvgIpc) is 2.53. The van der Waals surface area contributed by atoms with Crippen molar-refractivity contribution in [3.8, 4) is 0 Å². The van der Waals surface area contributed by atoms with Crippen molar-refractivity contribution in [1.29, 1.82) is 0 Å². The molecule has 0 aliphatic heterocycles. The van der Waals surface area contributed by atoms with E-state index in [2.05, 4.69) is 56.3 Å². The summed E-state index contributed by atoms with van der Waals surface area (Å²) in [5.41, 5.74) is 2.42. The van der Waals surface area contributed by atoms with Gasteiger partial charge in [0, 0.05) is 0 Å². The number of hydrogen-bond acceptors (Lipinski definition) is 1. The van der Waals surface area contributed by atoms with Crippen LogP contribution in [0.5, 0.6) is 0 Å². The molecule has 2 rings (SSSR count). The summed E-state index contributed by atoms with van der Waals surface area (Å²) in [5, 5.41) is 2.56. The highest BCUT2D eigenvalue weighted by atomic mass is 16.5. The van der Waals surface area contributed by atoms with Crippen LogP contribution in [0.1, 0.15) is 51.5 Å². The van der Waals surface area contributed by atoms with E-state index in [0.717, 1.165) is 13.0 Å². The van der Waals surface area contributed by atoms with Gasteiger partial charge in [-0.1, -0.05) is 69.0 Å². The van der Waals surface area contributed by atoms with Crippen LogP contribution in [-0.4, -0.2) is 6.61 Å². The van der Waals surface area contributed by atoms with Gasteiger partial charge in [-0.3, -0.25) is 0 Å². The molecular formula is C20H26O. The van der Waals surface area contributed by atoms with Crippen LogP contribution >= 0.6 is 0 Å². The molecule has 0 aromatic heterocycles. The highest BCUT2D eigenvalue weighted by Crippen LogP contribution is 2.21. The Morgan fingerprint density at radius 1 is 0.952 bits per heavy atom. The monoisotopic (exact) mass is 282 g/mol. The van der Waals surface area contributed by atoms with Crippen LogP contribution in [0.4, 0.5) is 0 Å². The summed E-state index contributed by atoms with van der Waals surface area (Å²) in [5.74, 6) is 0. The SMILES string of the molecule is CCCCCCCO/C=C(\C)c1ccc2ccccc2c1. The van der Waals surface area contributed by atoms with Crippen molar-refractivity contribution in [3.05, 3.63) is 54.3 Å². The fourth-order valence-corrected chi connectivity index (χ4v) is 2.48. The smallest absolute Gasteiger partial charge is 0.0873 e. The van der Waals surface area contributed by atoms with Crippen LogP contribution in [0.3, 0.4) is 0 Å². The van der Waals surface area contributed by atoms with Gasteiger partial charge in [0.2, 0.25) is 0 Å². The van der Waals surface area contributed by atoms with E-state index in [1.807, 2.05) is 6.26 Å². The van der Waals surface area contributed by atoms with Crippen LogP contribution in [-0.2, 0) is 4.74 Å². The molecule has 0 spiro atoms. The molecule has 0 saturated heterocycles. The Labute approximate surface area is 128 Å². The molecule has 0 heterocycles. The molecule has 0 aliphatic rings. The zero-order valence-corrected chi connectivity index (χ0v) is 13.3. The highest BCUT2D eigenvalue weighted by Gasteiger charge is 1.98. The predicted octanol–water partition coefficient (Wildman–Crippen LogP) is 6.19. The van der Waals surface area contributed by atoms with Crippen LogP contribution in [0.25, 0.3) is 16.3 Å². The molecular weight excluding hydrogens is 256 g/mol. The van der Waals surface area contributed by atoms with Crippen LogP contribution < -0.4 is 0 Å². The van der Waals surface area contributed by atoms with E-state index in [1.54, 1.807) is 0 Å². The zero-order chi connectivity index (χ0) is 14.9. The summed E-state index contributed by atoms with van der Waals surface area (Å²) >= 11 is 0. The molecule has 2 aromatic carbocycles. The van der Waals surface area contributed by atoms with E-state index in [4.69, 9.17) is 4.74 Å². The first-order chi connectivity index (χ1) is 10.3. The first-order valence-corrected chi connectivity index (χ1v) is 8.09. The third kappa shape index (κ3) is 4.93. The lowest BCUT2D eigenvalue weighted by Crippen LogP contribution is -1.89. The number of unbranched alkanes of at least 4 members (excludes halogenated alkanes) is 4. The summed E-state index contributed by atoms with van der Waals surface area (Å²) in [7, 11) is 0. The second-order valence-electron chi connectivity index (χ2n) is 5.65. The molecule has 0 bridgehead atoms. The molecule has 0 unspecified atom stereocenters. The van der Waals surface area contributed by atoms with E-state index in [1.165, 1.54) is 47.6 Å². The maximum absolute atomic E-state index is 5.68. The average molecular weight is 282 g/mol. The Balaban J connectivity index is 1.86. The van der Waals surface area contributed by atoms with Crippen molar-refractivity contribution >= 4 is 16.3 Å². The summed E-state index contributed by atoms with van der Waals surface area (Å²) in [6, 6.07) is 15.0. The molecule has 0 amide bonds. The lowest BCUT2D eigenvalue weighted by molar-refractivity contribution is 0.241. The first kappa shape index (κ1) is 15.6.